The topological polar surface area (TPSA) is 32.3 Å². The molecule has 128 valence electrons. The van der Waals surface area contributed by atoms with E-state index < -0.39 is 0 Å². The first-order valence-corrected chi connectivity index (χ1v) is 10.5. The molecule has 2 aromatic rings. The zero-order valence-corrected chi connectivity index (χ0v) is 16.1. The largest absolute Gasteiger partial charge is 0.350 e. The van der Waals surface area contributed by atoms with E-state index in [-0.39, 0.29) is 5.91 Å². The maximum Gasteiger partial charge on any atom is 0.261 e. The Morgan fingerprint density at radius 1 is 1.17 bits per heavy atom. The Morgan fingerprint density at radius 3 is 2.67 bits per heavy atom. The molecule has 24 heavy (non-hydrogen) atoms. The van der Waals surface area contributed by atoms with Crippen molar-refractivity contribution >= 4 is 51.8 Å². The second-order valence-electron chi connectivity index (χ2n) is 6.53. The summed E-state index contributed by atoms with van der Waals surface area (Å²) < 4.78 is 1.54. The Labute approximate surface area is 159 Å². The molecule has 1 aliphatic carbocycles. The Bertz CT molecular complexity index is 745. The monoisotopic (exact) mass is 400 g/mol. The van der Waals surface area contributed by atoms with Gasteiger partial charge in [-0.1, -0.05) is 23.2 Å². The molecule has 3 unspecified atom stereocenters. The minimum absolute atomic E-state index is 0.0276. The van der Waals surface area contributed by atoms with E-state index >= 15 is 0 Å². The van der Waals surface area contributed by atoms with E-state index in [0.717, 1.165) is 35.8 Å². The van der Waals surface area contributed by atoms with Crippen LogP contribution in [0.15, 0.2) is 24.3 Å². The number of halogens is 2. The molecule has 3 heterocycles. The lowest BCUT2D eigenvalue weighted by molar-refractivity contribution is 0.0953. The van der Waals surface area contributed by atoms with Gasteiger partial charge in [0.1, 0.15) is 0 Å². The molecule has 0 radical (unpaired) electrons. The number of hydrogen-bond acceptors (Lipinski definition) is 4. The first-order valence-electron chi connectivity index (χ1n) is 8.11. The van der Waals surface area contributed by atoms with Crippen LogP contribution in [0.25, 0.3) is 0 Å². The lowest BCUT2D eigenvalue weighted by Gasteiger charge is -2.39. The van der Waals surface area contributed by atoms with Crippen molar-refractivity contribution < 1.29 is 4.79 Å². The van der Waals surface area contributed by atoms with Crippen LogP contribution in [-0.2, 0) is 0 Å². The van der Waals surface area contributed by atoms with Gasteiger partial charge in [-0.05, 0) is 48.4 Å². The number of hydrogen-bond donors (Lipinski definition) is 1. The first kappa shape index (κ1) is 16.9. The van der Waals surface area contributed by atoms with Gasteiger partial charge in [0.25, 0.3) is 5.91 Å². The molecule has 2 aliphatic rings. The summed E-state index contributed by atoms with van der Waals surface area (Å²) >= 11 is 15.0. The molecule has 1 N–H and O–H groups in total. The normalized spacial score (nSPS) is 26.2. The minimum atomic E-state index is -0.0276. The number of nitrogens with one attached hydrogen (secondary N) is 1. The molecule has 0 aromatic carbocycles. The maximum atomic E-state index is 12.0. The van der Waals surface area contributed by atoms with Crippen LogP contribution in [0, 0.1) is 11.8 Å². The van der Waals surface area contributed by atoms with Gasteiger partial charge in [-0.25, -0.2) is 0 Å². The summed E-state index contributed by atoms with van der Waals surface area (Å²) in [4.78, 5) is 16.6. The number of rotatable bonds is 5. The van der Waals surface area contributed by atoms with Crippen LogP contribution in [0.4, 0.5) is 0 Å². The molecule has 3 nitrogen and oxygen atoms in total. The van der Waals surface area contributed by atoms with E-state index in [2.05, 4.69) is 16.3 Å². The molecule has 0 bridgehead atoms. The highest BCUT2D eigenvalue weighted by Gasteiger charge is 2.47. The fourth-order valence-corrected chi connectivity index (χ4v) is 6.10. The van der Waals surface area contributed by atoms with Gasteiger partial charge < -0.3 is 10.2 Å². The van der Waals surface area contributed by atoms with Crippen molar-refractivity contribution in [3.8, 4) is 0 Å². The molecule has 1 amide bonds. The number of likely N-dealkylation sites (tertiary alicyclic amines) is 1. The average molecular weight is 401 g/mol. The second-order valence-corrected chi connectivity index (χ2v) is 9.99. The van der Waals surface area contributed by atoms with Crippen molar-refractivity contribution in [3.63, 3.8) is 0 Å². The smallest absolute Gasteiger partial charge is 0.261 e. The van der Waals surface area contributed by atoms with Gasteiger partial charge in [0.15, 0.2) is 0 Å². The van der Waals surface area contributed by atoms with Crippen LogP contribution in [0.5, 0.6) is 0 Å². The summed E-state index contributed by atoms with van der Waals surface area (Å²) in [5.74, 6) is 2.22. The van der Waals surface area contributed by atoms with E-state index in [1.165, 1.54) is 22.6 Å². The van der Waals surface area contributed by atoms with Gasteiger partial charge in [0.2, 0.25) is 0 Å². The van der Waals surface area contributed by atoms with E-state index in [1.807, 2.05) is 6.07 Å². The highest BCUT2D eigenvalue weighted by Crippen LogP contribution is 2.52. The average Bonchev–Trinajstić information content (AvgIpc) is 3.22. The Hall–Kier alpha value is -0.590. The van der Waals surface area contributed by atoms with E-state index in [4.69, 9.17) is 23.2 Å². The lowest BCUT2D eigenvalue weighted by Crippen LogP contribution is -2.33. The fourth-order valence-electron chi connectivity index (χ4n) is 3.89. The second kappa shape index (κ2) is 6.96. The Balaban J connectivity index is 1.24. The van der Waals surface area contributed by atoms with Crippen molar-refractivity contribution in [2.75, 3.05) is 26.2 Å². The molecular formula is C17H18Cl2N2OS2. The molecule has 7 heteroatoms. The SMILES string of the molecule is O=C(NCCN1CC2CC(c3ccc(Cl)s3)C2C1)c1ccc(Cl)s1. The summed E-state index contributed by atoms with van der Waals surface area (Å²) in [6.07, 6.45) is 1.28. The molecular weight excluding hydrogens is 383 g/mol. The number of amides is 1. The van der Waals surface area contributed by atoms with Crippen LogP contribution in [0.3, 0.4) is 0 Å². The maximum absolute atomic E-state index is 12.0. The molecule has 3 atom stereocenters. The zero-order valence-electron chi connectivity index (χ0n) is 13.0. The summed E-state index contributed by atoms with van der Waals surface area (Å²) in [5, 5.41) is 2.99. The summed E-state index contributed by atoms with van der Waals surface area (Å²) in [5.41, 5.74) is 0. The quantitative estimate of drug-likeness (QED) is 0.795. The lowest BCUT2D eigenvalue weighted by atomic mass is 9.66. The molecule has 1 saturated heterocycles. The van der Waals surface area contributed by atoms with Crippen LogP contribution in [0.1, 0.15) is 26.9 Å². The van der Waals surface area contributed by atoms with Crippen molar-refractivity contribution in [2.24, 2.45) is 11.8 Å². The van der Waals surface area contributed by atoms with Gasteiger partial charge >= 0.3 is 0 Å². The van der Waals surface area contributed by atoms with Gasteiger partial charge in [0, 0.05) is 31.1 Å². The minimum Gasteiger partial charge on any atom is -0.350 e. The van der Waals surface area contributed by atoms with Crippen LogP contribution < -0.4 is 5.32 Å². The summed E-state index contributed by atoms with van der Waals surface area (Å²) in [6.45, 7) is 3.88. The summed E-state index contributed by atoms with van der Waals surface area (Å²) in [7, 11) is 0. The van der Waals surface area contributed by atoms with Crippen LogP contribution in [-0.4, -0.2) is 37.0 Å². The van der Waals surface area contributed by atoms with Crippen molar-refractivity contribution in [3.05, 3.63) is 42.7 Å². The third kappa shape index (κ3) is 3.37. The number of carbonyl (C=O) groups is 1. The van der Waals surface area contributed by atoms with E-state index in [1.54, 1.807) is 23.5 Å². The van der Waals surface area contributed by atoms with Crippen molar-refractivity contribution in [1.82, 2.24) is 10.2 Å². The van der Waals surface area contributed by atoms with Crippen molar-refractivity contribution in [2.45, 2.75) is 12.3 Å². The molecule has 0 spiro atoms. The molecule has 1 aliphatic heterocycles. The van der Waals surface area contributed by atoms with E-state index in [9.17, 15) is 4.79 Å². The third-order valence-electron chi connectivity index (χ3n) is 5.11. The van der Waals surface area contributed by atoms with E-state index in [0.29, 0.717) is 21.7 Å². The Morgan fingerprint density at radius 2 is 1.96 bits per heavy atom. The van der Waals surface area contributed by atoms with Crippen LogP contribution >= 0.6 is 45.9 Å². The van der Waals surface area contributed by atoms with Gasteiger partial charge in [-0.2, -0.15) is 0 Å². The van der Waals surface area contributed by atoms with Gasteiger partial charge in [-0.15, -0.1) is 22.7 Å². The molecule has 4 rings (SSSR count). The molecule has 2 aromatic heterocycles. The zero-order chi connectivity index (χ0) is 16.7. The Kier molecular flexibility index (Phi) is 4.89. The predicted octanol–water partition coefficient (Wildman–Crippen LogP) is 4.58. The van der Waals surface area contributed by atoms with Gasteiger partial charge in [-0.3, -0.25) is 4.79 Å². The summed E-state index contributed by atoms with van der Waals surface area (Å²) in [6, 6.07) is 7.72. The molecule has 2 fully saturated rings. The van der Waals surface area contributed by atoms with Crippen molar-refractivity contribution in [1.29, 1.82) is 0 Å². The first-order chi connectivity index (χ1) is 11.6. The highest BCUT2D eigenvalue weighted by molar-refractivity contribution is 7.18. The standard InChI is InChI=1S/C17H18Cl2N2OS2/c18-15-3-1-13(23-15)11-7-10-8-21(9-12(10)11)6-5-20-17(22)14-2-4-16(19)24-14/h1-4,10-12H,5-9H2,(H,20,22). The van der Waals surface area contributed by atoms with Gasteiger partial charge in [0.05, 0.1) is 13.5 Å². The third-order valence-corrected chi connectivity index (χ3v) is 7.70. The predicted molar refractivity (Wildman–Crippen MR) is 102 cm³/mol. The number of thiophene rings is 2. The fraction of sp³-hybridized carbons (Fsp3) is 0.471. The molecule has 1 saturated carbocycles. The van der Waals surface area contributed by atoms with Crippen LogP contribution in [0.2, 0.25) is 8.67 Å². The number of fused-ring (bicyclic) bond motifs is 1. The number of carbonyl (C=O) groups excluding carboxylic acids is 1. The highest BCUT2D eigenvalue weighted by atomic mass is 35.5. The number of nitrogens with zero attached hydrogens (tertiary/aromatic N) is 1.